The summed E-state index contributed by atoms with van der Waals surface area (Å²) in [7, 11) is 0. The highest BCUT2D eigenvalue weighted by Crippen LogP contribution is 2.33. The molecule has 1 N–H and O–H groups in total. The molecule has 0 spiro atoms. The fourth-order valence-electron chi connectivity index (χ4n) is 4.25. The van der Waals surface area contributed by atoms with Crippen LogP contribution in [0.5, 0.6) is 11.5 Å². The van der Waals surface area contributed by atoms with Crippen molar-refractivity contribution in [3.05, 3.63) is 70.8 Å². The largest absolute Gasteiger partial charge is 0.486 e. The van der Waals surface area contributed by atoms with Gasteiger partial charge in [0.15, 0.2) is 17.2 Å². The van der Waals surface area contributed by atoms with Crippen molar-refractivity contribution in [2.24, 2.45) is 0 Å². The Labute approximate surface area is 180 Å². The molecule has 0 fully saturated rings. The van der Waals surface area contributed by atoms with E-state index in [4.69, 9.17) is 9.47 Å². The summed E-state index contributed by atoms with van der Waals surface area (Å²) in [5, 5.41) is 7.72. The Morgan fingerprint density at radius 1 is 1.06 bits per heavy atom. The zero-order valence-electron chi connectivity index (χ0n) is 17.4. The Bertz CT molecular complexity index is 1120. The van der Waals surface area contributed by atoms with Gasteiger partial charge >= 0.3 is 0 Å². The van der Waals surface area contributed by atoms with Crippen molar-refractivity contribution in [2.45, 2.75) is 38.6 Å². The number of hydrogen-bond acceptors (Lipinski definition) is 4. The summed E-state index contributed by atoms with van der Waals surface area (Å²) in [6.45, 7) is 3.00. The number of rotatable bonds is 4. The minimum Gasteiger partial charge on any atom is -0.486 e. The van der Waals surface area contributed by atoms with Crippen LogP contribution in [-0.4, -0.2) is 28.9 Å². The van der Waals surface area contributed by atoms with Crippen LogP contribution in [0.1, 0.15) is 53.1 Å². The number of nitrogens with zero attached hydrogens (tertiary/aromatic N) is 2. The SMILES string of the molecule is C[C@H](NC(=O)c1nn(-c2ccc(F)cc2)c2c1CCCC2)c1ccc2c(c1)OCCO2. The molecule has 2 aromatic carbocycles. The summed E-state index contributed by atoms with van der Waals surface area (Å²) < 4.78 is 26.4. The number of carbonyl (C=O) groups is 1. The van der Waals surface area contributed by atoms with Gasteiger partial charge in [-0.2, -0.15) is 5.10 Å². The normalized spacial score (nSPS) is 15.8. The number of hydrogen-bond donors (Lipinski definition) is 1. The van der Waals surface area contributed by atoms with E-state index in [-0.39, 0.29) is 17.8 Å². The maximum atomic E-state index is 13.4. The van der Waals surface area contributed by atoms with Crippen LogP contribution in [0, 0.1) is 5.82 Å². The van der Waals surface area contributed by atoms with Crippen LogP contribution < -0.4 is 14.8 Å². The zero-order valence-corrected chi connectivity index (χ0v) is 17.4. The molecule has 2 aliphatic rings. The number of nitrogens with one attached hydrogen (secondary N) is 1. The Kier molecular flexibility index (Phi) is 5.10. The molecule has 31 heavy (non-hydrogen) atoms. The van der Waals surface area contributed by atoms with Crippen molar-refractivity contribution in [1.82, 2.24) is 15.1 Å². The standard InChI is InChI=1S/C24H24FN3O3/c1-15(16-6-11-21-22(14-16)31-13-12-30-21)26-24(29)23-19-4-2-3-5-20(19)28(27-23)18-9-7-17(25)8-10-18/h6-11,14-15H,2-5,12-13H2,1H3,(H,26,29)/t15-/m0/s1. The molecule has 0 unspecified atom stereocenters. The number of fused-ring (bicyclic) bond motifs is 2. The van der Waals surface area contributed by atoms with Gasteiger partial charge in [-0.1, -0.05) is 6.07 Å². The van der Waals surface area contributed by atoms with Gasteiger partial charge in [0.1, 0.15) is 19.0 Å². The number of ether oxygens (including phenoxy) is 2. The molecule has 1 aliphatic carbocycles. The number of halogens is 1. The lowest BCUT2D eigenvalue weighted by Crippen LogP contribution is -2.28. The Morgan fingerprint density at radius 2 is 1.81 bits per heavy atom. The van der Waals surface area contributed by atoms with Crippen molar-refractivity contribution < 1.29 is 18.7 Å². The lowest BCUT2D eigenvalue weighted by atomic mass is 9.95. The average Bonchev–Trinajstić information content (AvgIpc) is 3.19. The number of benzene rings is 2. The fraction of sp³-hybridized carbons (Fsp3) is 0.333. The predicted octanol–water partition coefficient (Wildman–Crippen LogP) is 4.15. The summed E-state index contributed by atoms with van der Waals surface area (Å²) in [6.07, 6.45) is 3.75. The summed E-state index contributed by atoms with van der Waals surface area (Å²) in [4.78, 5) is 13.2. The van der Waals surface area contributed by atoms with E-state index in [1.807, 2.05) is 25.1 Å². The molecule has 1 amide bonds. The summed E-state index contributed by atoms with van der Waals surface area (Å²) in [5.41, 5.74) is 4.17. The van der Waals surface area contributed by atoms with Crippen LogP contribution in [0.15, 0.2) is 42.5 Å². The van der Waals surface area contributed by atoms with Crippen LogP contribution in [0.25, 0.3) is 5.69 Å². The molecule has 7 heteroatoms. The first-order valence-electron chi connectivity index (χ1n) is 10.7. The van der Waals surface area contributed by atoms with Gasteiger partial charge in [0.2, 0.25) is 0 Å². The topological polar surface area (TPSA) is 65.4 Å². The van der Waals surface area contributed by atoms with Gasteiger partial charge in [0.25, 0.3) is 5.91 Å². The maximum Gasteiger partial charge on any atom is 0.272 e. The van der Waals surface area contributed by atoms with E-state index in [1.54, 1.807) is 16.8 Å². The highest BCUT2D eigenvalue weighted by atomic mass is 19.1. The molecule has 6 nitrogen and oxygen atoms in total. The fourth-order valence-corrected chi connectivity index (χ4v) is 4.25. The predicted molar refractivity (Wildman–Crippen MR) is 113 cm³/mol. The lowest BCUT2D eigenvalue weighted by Gasteiger charge is -2.21. The molecule has 1 aromatic heterocycles. The number of carbonyl (C=O) groups excluding carboxylic acids is 1. The third kappa shape index (κ3) is 3.76. The van der Waals surface area contributed by atoms with Crippen molar-refractivity contribution >= 4 is 5.91 Å². The van der Waals surface area contributed by atoms with Gasteiger partial charge in [-0.3, -0.25) is 4.79 Å². The van der Waals surface area contributed by atoms with Crippen LogP contribution >= 0.6 is 0 Å². The molecule has 0 radical (unpaired) electrons. The molecule has 2 heterocycles. The zero-order chi connectivity index (χ0) is 21.4. The Morgan fingerprint density at radius 3 is 2.61 bits per heavy atom. The summed E-state index contributed by atoms with van der Waals surface area (Å²) >= 11 is 0. The molecule has 0 saturated heterocycles. The van der Waals surface area contributed by atoms with Gasteiger partial charge in [0, 0.05) is 11.3 Å². The van der Waals surface area contributed by atoms with Crippen molar-refractivity contribution in [2.75, 3.05) is 13.2 Å². The molecule has 1 aliphatic heterocycles. The van der Waals surface area contributed by atoms with Crippen molar-refractivity contribution in [1.29, 1.82) is 0 Å². The van der Waals surface area contributed by atoms with Crippen LogP contribution in [0.3, 0.4) is 0 Å². The van der Waals surface area contributed by atoms with Gasteiger partial charge in [-0.25, -0.2) is 9.07 Å². The average molecular weight is 421 g/mol. The monoisotopic (exact) mass is 421 g/mol. The van der Waals surface area contributed by atoms with Crippen molar-refractivity contribution in [3.63, 3.8) is 0 Å². The first kappa shape index (κ1) is 19.6. The Balaban J connectivity index is 1.42. The van der Waals surface area contributed by atoms with Crippen molar-refractivity contribution in [3.8, 4) is 17.2 Å². The summed E-state index contributed by atoms with van der Waals surface area (Å²) in [5.74, 6) is 0.917. The van der Waals surface area contributed by atoms with Crippen LogP contribution in [0.4, 0.5) is 4.39 Å². The summed E-state index contributed by atoms with van der Waals surface area (Å²) in [6, 6.07) is 11.7. The van der Waals surface area contributed by atoms with Crippen LogP contribution in [0.2, 0.25) is 0 Å². The van der Waals surface area contributed by atoms with E-state index in [9.17, 15) is 9.18 Å². The smallest absolute Gasteiger partial charge is 0.272 e. The number of amides is 1. The van der Waals surface area contributed by atoms with Crippen LogP contribution in [-0.2, 0) is 12.8 Å². The number of aromatic nitrogens is 2. The molecule has 3 aromatic rings. The van der Waals surface area contributed by atoms with E-state index in [2.05, 4.69) is 10.4 Å². The first-order chi connectivity index (χ1) is 15.1. The van der Waals surface area contributed by atoms with Gasteiger partial charge in [-0.05, 0) is 74.6 Å². The van der Waals surface area contributed by atoms with Gasteiger partial charge < -0.3 is 14.8 Å². The molecular weight excluding hydrogens is 397 g/mol. The molecule has 160 valence electrons. The second-order valence-electron chi connectivity index (χ2n) is 7.97. The first-order valence-corrected chi connectivity index (χ1v) is 10.7. The molecule has 0 bridgehead atoms. The lowest BCUT2D eigenvalue weighted by molar-refractivity contribution is 0.0933. The molecule has 1 atom stereocenters. The molecule has 5 rings (SSSR count). The Hall–Kier alpha value is -3.35. The van der Waals surface area contributed by atoms with E-state index in [1.165, 1.54) is 12.1 Å². The van der Waals surface area contributed by atoms with E-state index in [0.717, 1.165) is 53.9 Å². The van der Waals surface area contributed by atoms with E-state index in [0.29, 0.717) is 24.7 Å². The van der Waals surface area contributed by atoms with Gasteiger partial charge in [0.05, 0.1) is 11.7 Å². The van der Waals surface area contributed by atoms with E-state index >= 15 is 0 Å². The van der Waals surface area contributed by atoms with Gasteiger partial charge in [-0.15, -0.1) is 0 Å². The van der Waals surface area contributed by atoms with E-state index < -0.39 is 0 Å². The highest BCUT2D eigenvalue weighted by Gasteiger charge is 2.26. The maximum absolute atomic E-state index is 13.4. The quantitative estimate of drug-likeness (QED) is 0.687. The third-order valence-corrected chi connectivity index (χ3v) is 5.88. The highest BCUT2D eigenvalue weighted by molar-refractivity contribution is 5.94. The molecular formula is C24H24FN3O3. The minimum atomic E-state index is -0.295. The second-order valence-corrected chi connectivity index (χ2v) is 7.97. The third-order valence-electron chi connectivity index (χ3n) is 5.88. The molecule has 0 saturated carbocycles. The minimum absolute atomic E-state index is 0.207. The second kappa shape index (κ2) is 8.06.